The summed E-state index contributed by atoms with van der Waals surface area (Å²) in [5.74, 6) is 0. The van der Waals surface area contributed by atoms with Crippen molar-refractivity contribution >= 4 is 0 Å². The zero-order valence-electron chi connectivity index (χ0n) is 5.66. The highest BCUT2D eigenvalue weighted by molar-refractivity contribution is 4.95. The van der Waals surface area contributed by atoms with Crippen LogP contribution in [0.1, 0.15) is 19.3 Å². The normalized spacial score (nSPS) is 39.5. The maximum Gasteiger partial charge on any atom is 0.422 e. The minimum atomic E-state index is -4.83. The summed E-state index contributed by atoms with van der Waals surface area (Å²) in [5, 5.41) is 8.69. The molecule has 1 rings (SSSR count). The number of halogens is 4. The van der Waals surface area contributed by atoms with E-state index in [1.165, 1.54) is 0 Å². The van der Waals surface area contributed by atoms with Crippen LogP contribution in [0.25, 0.3) is 0 Å². The summed E-state index contributed by atoms with van der Waals surface area (Å²) < 4.78 is 48.3. The lowest BCUT2D eigenvalue weighted by atomic mass is 10.0. The van der Waals surface area contributed by atoms with Gasteiger partial charge in [0.15, 0.2) is 0 Å². The van der Waals surface area contributed by atoms with Gasteiger partial charge < -0.3 is 5.11 Å². The molecular weight excluding hydrogens is 164 g/mol. The molecule has 1 nitrogen and oxygen atoms in total. The van der Waals surface area contributed by atoms with Crippen molar-refractivity contribution in [2.24, 2.45) is 0 Å². The Morgan fingerprint density at radius 2 is 1.91 bits per heavy atom. The number of rotatable bonds is 0. The van der Waals surface area contributed by atoms with E-state index >= 15 is 0 Å². The van der Waals surface area contributed by atoms with Gasteiger partial charge in [-0.1, -0.05) is 0 Å². The first-order valence-electron chi connectivity index (χ1n) is 3.29. The molecule has 1 fully saturated rings. The topological polar surface area (TPSA) is 20.2 Å². The van der Waals surface area contributed by atoms with Gasteiger partial charge in [-0.25, -0.2) is 4.39 Å². The van der Waals surface area contributed by atoms with Gasteiger partial charge in [-0.05, 0) is 12.8 Å². The molecule has 0 aliphatic heterocycles. The van der Waals surface area contributed by atoms with Crippen molar-refractivity contribution < 1.29 is 22.7 Å². The highest BCUT2D eigenvalue weighted by Crippen LogP contribution is 2.45. The van der Waals surface area contributed by atoms with Gasteiger partial charge >= 0.3 is 6.18 Å². The van der Waals surface area contributed by atoms with Crippen molar-refractivity contribution in [3.05, 3.63) is 0 Å². The van der Waals surface area contributed by atoms with Crippen LogP contribution in [-0.2, 0) is 0 Å². The van der Waals surface area contributed by atoms with E-state index in [1.54, 1.807) is 0 Å². The molecule has 0 aromatic heterocycles. The lowest BCUT2D eigenvalue weighted by Crippen LogP contribution is -2.38. The van der Waals surface area contributed by atoms with E-state index < -0.39 is 30.8 Å². The fourth-order valence-electron chi connectivity index (χ4n) is 1.23. The Balaban J connectivity index is 2.69. The maximum absolute atomic E-state index is 12.8. The lowest BCUT2D eigenvalue weighted by molar-refractivity contribution is -0.229. The van der Waals surface area contributed by atoms with Crippen LogP contribution in [0, 0.1) is 0 Å². The first kappa shape index (κ1) is 8.77. The third-order valence-corrected chi connectivity index (χ3v) is 1.94. The standard InChI is InChI=1S/C6H8F4O/c7-5(6(8,9)10)2-1-4(11)3-5/h4,11H,1-3H2. The van der Waals surface area contributed by atoms with Crippen molar-refractivity contribution in [3.63, 3.8) is 0 Å². The van der Waals surface area contributed by atoms with E-state index in [2.05, 4.69) is 0 Å². The van der Waals surface area contributed by atoms with Crippen molar-refractivity contribution in [2.75, 3.05) is 0 Å². The Labute approximate surface area is 61.0 Å². The molecule has 0 heterocycles. The molecule has 1 aliphatic carbocycles. The van der Waals surface area contributed by atoms with Crippen molar-refractivity contribution in [1.29, 1.82) is 0 Å². The monoisotopic (exact) mass is 172 g/mol. The maximum atomic E-state index is 12.8. The minimum absolute atomic E-state index is 0.101. The predicted molar refractivity (Wildman–Crippen MR) is 29.8 cm³/mol. The summed E-state index contributed by atoms with van der Waals surface area (Å²) in [5.41, 5.74) is -3.15. The Morgan fingerprint density at radius 3 is 2.09 bits per heavy atom. The van der Waals surface area contributed by atoms with E-state index in [0.29, 0.717) is 0 Å². The van der Waals surface area contributed by atoms with Crippen LogP contribution in [0.2, 0.25) is 0 Å². The summed E-state index contributed by atoms with van der Waals surface area (Å²) in [6, 6.07) is 0. The van der Waals surface area contributed by atoms with Crippen LogP contribution in [0.15, 0.2) is 0 Å². The van der Waals surface area contributed by atoms with Gasteiger partial charge in [-0.2, -0.15) is 13.2 Å². The molecular formula is C6H8F4O. The molecule has 0 bridgehead atoms. The van der Waals surface area contributed by atoms with Gasteiger partial charge in [-0.3, -0.25) is 0 Å². The van der Waals surface area contributed by atoms with Crippen molar-refractivity contribution in [2.45, 2.75) is 37.2 Å². The first-order valence-corrected chi connectivity index (χ1v) is 3.29. The van der Waals surface area contributed by atoms with Crippen LogP contribution < -0.4 is 0 Å². The Hall–Kier alpha value is -0.320. The van der Waals surface area contributed by atoms with Crippen LogP contribution in [0.3, 0.4) is 0 Å². The lowest BCUT2D eigenvalue weighted by Gasteiger charge is -2.22. The van der Waals surface area contributed by atoms with Crippen LogP contribution in [0.4, 0.5) is 17.6 Å². The summed E-state index contributed by atoms with van der Waals surface area (Å²) in [7, 11) is 0. The molecule has 0 saturated heterocycles. The molecule has 0 aromatic carbocycles. The van der Waals surface area contributed by atoms with Gasteiger partial charge in [0.25, 0.3) is 0 Å². The highest BCUT2D eigenvalue weighted by Gasteiger charge is 2.59. The zero-order valence-corrected chi connectivity index (χ0v) is 5.66. The van der Waals surface area contributed by atoms with Crippen LogP contribution in [-0.4, -0.2) is 23.1 Å². The number of aliphatic hydroxyl groups excluding tert-OH is 1. The largest absolute Gasteiger partial charge is 0.422 e. The highest BCUT2D eigenvalue weighted by atomic mass is 19.4. The van der Waals surface area contributed by atoms with Gasteiger partial charge in [0.05, 0.1) is 6.10 Å². The summed E-state index contributed by atoms with van der Waals surface area (Å²) in [6.07, 6.45) is -7.49. The van der Waals surface area contributed by atoms with E-state index in [-0.39, 0.29) is 6.42 Å². The van der Waals surface area contributed by atoms with E-state index in [0.717, 1.165) is 0 Å². The molecule has 5 heteroatoms. The second kappa shape index (κ2) is 2.33. The summed E-state index contributed by atoms with van der Waals surface area (Å²) in [4.78, 5) is 0. The van der Waals surface area contributed by atoms with Gasteiger partial charge in [-0.15, -0.1) is 0 Å². The second-order valence-corrected chi connectivity index (χ2v) is 2.86. The Morgan fingerprint density at radius 1 is 1.36 bits per heavy atom. The van der Waals surface area contributed by atoms with Crippen molar-refractivity contribution in [3.8, 4) is 0 Å². The second-order valence-electron chi connectivity index (χ2n) is 2.86. The van der Waals surface area contributed by atoms with E-state index in [1.807, 2.05) is 0 Å². The predicted octanol–water partition coefficient (Wildman–Crippen LogP) is 1.80. The molecule has 11 heavy (non-hydrogen) atoms. The van der Waals surface area contributed by atoms with Gasteiger partial charge in [0.1, 0.15) is 0 Å². The molecule has 0 spiro atoms. The van der Waals surface area contributed by atoms with Gasteiger partial charge in [0, 0.05) is 6.42 Å². The summed E-state index contributed by atoms with van der Waals surface area (Å²) >= 11 is 0. The average Bonchev–Trinajstić information content (AvgIpc) is 2.10. The molecule has 2 unspecified atom stereocenters. The summed E-state index contributed by atoms with van der Waals surface area (Å²) in [6.45, 7) is 0. The Kier molecular flexibility index (Phi) is 1.86. The molecule has 1 aliphatic rings. The van der Waals surface area contributed by atoms with Crippen molar-refractivity contribution in [1.82, 2.24) is 0 Å². The smallest absolute Gasteiger partial charge is 0.393 e. The number of aliphatic hydroxyl groups is 1. The van der Waals surface area contributed by atoms with Crippen LogP contribution in [0.5, 0.6) is 0 Å². The van der Waals surface area contributed by atoms with Gasteiger partial charge in [0.2, 0.25) is 5.67 Å². The molecule has 1 saturated carbocycles. The minimum Gasteiger partial charge on any atom is -0.393 e. The number of hydrogen-bond donors (Lipinski definition) is 1. The first-order chi connectivity index (χ1) is 4.85. The number of hydrogen-bond acceptors (Lipinski definition) is 1. The third kappa shape index (κ3) is 1.47. The molecule has 0 aromatic rings. The SMILES string of the molecule is OC1CCC(F)(C(F)(F)F)C1. The molecule has 1 N–H and O–H groups in total. The molecule has 0 amide bonds. The molecule has 66 valence electrons. The van der Waals surface area contributed by atoms with Crippen LogP contribution >= 0.6 is 0 Å². The quantitative estimate of drug-likeness (QED) is 0.552. The third-order valence-electron chi connectivity index (χ3n) is 1.94. The Bertz CT molecular complexity index is 155. The van der Waals surface area contributed by atoms with E-state index in [9.17, 15) is 17.6 Å². The number of alkyl halides is 4. The average molecular weight is 172 g/mol. The fraction of sp³-hybridized carbons (Fsp3) is 1.00. The van der Waals surface area contributed by atoms with E-state index in [4.69, 9.17) is 5.11 Å². The molecule has 2 atom stereocenters. The fourth-order valence-corrected chi connectivity index (χ4v) is 1.23. The zero-order chi connectivity index (χ0) is 8.70. The molecule has 0 radical (unpaired) electrons.